The van der Waals surface area contributed by atoms with E-state index in [9.17, 15) is 0 Å². The minimum atomic E-state index is 0.313. The molecule has 3 rings (SSSR count). The highest BCUT2D eigenvalue weighted by molar-refractivity contribution is 5.34. The molecule has 16 heavy (non-hydrogen) atoms. The van der Waals surface area contributed by atoms with Gasteiger partial charge in [-0.3, -0.25) is 9.38 Å². The Morgan fingerprint density at radius 3 is 3.12 bits per heavy atom. The van der Waals surface area contributed by atoms with Crippen molar-refractivity contribution in [3.8, 4) is 0 Å². The van der Waals surface area contributed by atoms with Crippen molar-refractivity contribution in [2.24, 2.45) is 5.73 Å². The predicted molar refractivity (Wildman–Crippen MR) is 60.0 cm³/mol. The fourth-order valence-corrected chi connectivity index (χ4v) is 2.51. The maximum Gasteiger partial charge on any atom is 0.179 e. The molecule has 1 fully saturated rings. The van der Waals surface area contributed by atoms with Crippen LogP contribution in [0.4, 0.5) is 0 Å². The second kappa shape index (κ2) is 3.83. The molecule has 1 aliphatic rings. The molecule has 0 amide bonds. The molecule has 0 aromatic carbocycles. The van der Waals surface area contributed by atoms with Crippen LogP contribution in [0.3, 0.4) is 0 Å². The van der Waals surface area contributed by atoms with E-state index >= 15 is 0 Å². The van der Waals surface area contributed by atoms with Gasteiger partial charge in [0.05, 0.1) is 6.20 Å². The second-order valence-electron chi connectivity index (χ2n) is 4.49. The zero-order valence-electron chi connectivity index (χ0n) is 9.08. The summed E-state index contributed by atoms with van der Waals surface area (Å²) in [6, 6.07) is 0.313. The van der Waals surface area contributed by atoms with Crippen LogP contribution < -0.4 is 5.73 Å². The molecule has 0 radical (unpaired) electrons. The smallest absolute Gasteiger partial charge is 0.179 e. The highest BCUT2D eigenvalue weighted by Gasteiger charge is 2.24. The molecule has 2 aromatic rings. The molecule has 84 valence electrons. The van der Waals surface area contributed by atoms with Crippen molar-refractivity contribution in [3.05, 3.63) is 24.4 Å². The van der Waals surface area contributed by atoms with Crippen LogP contribution in [0.2, 0.25) is 0 Å². The van der Waals surface area contributed by atoms with E-state index in [4.69, 9.17) is 5.73 Å². The molecule has 1 saturated carbocycles. The third-order valence-electron chi connectivity index (χ3n) is 3.32. The number of aromatic nitrogens is 4. The van der Waals surface area contributed by atoms with E-state index in [-0.39, 0.29) is 0 Å². The molecule has 1 aliphatic carbocycles. The standard InChI is InChI=1S/C11H15N5/c12-9-3-1-2-8(6-9)11-15-14-10-7-13-4-5-16(10)11/h4-5,7-9H,1-3,6,12H2. The summed E-state index contributed by atoms with van der Waals surface area (Å²) in [5.74, 6) is 1.48. The second-order valence-corrected chi connectivity index (χ2v) is 4.49. The molecule has 0 aliphatic heterocycles. The van der Waals surface area contributed by atoms with Crippen molar-refractivity contribution in [1.29, 1.82) is 0 Å². The highest BCUT2D eigenvalue weighted by Crippen LogP contribution is 2.30. The van der Waals surface area contributed by atoms with Gasteiger partial charge in [-0.05, 0) is 19.3 Å². The normalized spacial score (nSPS) is 26.1. The monoisotopic (exact) mass is 217 g/mol. The molecule has 2 aromatic heterocycles. The van der Waals surface area contributed by atoms with Gasteiger partial charge in [0.2, 0.25) is 0 Å². The zero-order chi connectivity index (χ0) is 11.0. The number of fused-ring (bicyclic) bond motifs is 1. The Hall–Kier alpha value is -1.49. The SMILES string of the molecule is NC1CCCC(c2nnc3cnccn23)C1. The minimum Gasteiger partial charge on any atom is -0.328 e. The van der Waals surface area contributed by atoms with Crippen molar-refractivity contribution >= 4 is 5.65 Å². The summed E-state index contributed by atoms with van der Waals surface area (Å²) in [6.45, 7) is 0. The molecule has 0 saturated heterocycles. The molecule has 5 nitrogen and oxygen atoms in total. The van der Waals surface area contributed by atoms with Crippen LogP contribution in [-0.2, 0) is 0 Å². The Morgan fingerprint density at radius 1 is 1.31 bits per heavy atom. The van der Waals surface area contributed by atoms with Crippen LogP contribution in [0.5, 0.6) is 0 Å². The summed E-state index contributed by atoms with van der Waals surface area (Å²) in [7, 11) is 0. The average molecular weight is 217 g/mol. The van der Waals surface area contributed by atoms with Gasteiger partial charge in [0.25, 0.3) is 0 Å². The first kappa shape index (κ1) is 9.72. The van der Waals surface area contributed by atoms with Crippen molar-refractivity contribution in [1.82, 2.24) is 19.6 Å². The van der Waals surface area contributed by atoms with Crippen LogP contribution in [-0.4, -0.2) is 25.6 Å². The van der Waals surface area contributed by atoms with E-state index in [1.165, 1.54) is 6.42 Å². The molecule has 0 spiro atoms. The lowest BCUT2D eigenvalue weighted by Gasteiger charge is -2.25. The molecular formula is C11H15N5. The van der Waals surface area contributed by atoms with Crippen LogP contribution >= 0.6 is 0 Å². The number of hydrogen-bond donors (Lipinski definition) is 1. The van der Waals surface area contributed by atoms with Gasteiger partial charge in [-0.15, -0.1) is 10.2 Å². The van der Waals surface area contributed by atoms with Crippen LogP contribution in [0.1, 0.15) is 37.4 Å². The van der Waals surface area contributed by atoms with Crippen LogP contribution in [0.25, 0.3) is 5.65 Å². The van der Waals surface area contributed by atoms with Gasteiger partial charge in [-0.25, -0.2) is 0 Å². The van der Waals surface area contributed by atoms with Crippen LogP contribution in [0.15, 0.2) is 18.6 Å². The Labute approximate surface area is 93.7 Å². The lowest BCUT2D eigenvalue weighted by molar-refractivity contribution is 0.380. The first-order chi connectivity index (χ1) is 7.84. The lowest BCUT2D eigenvalue weighted by Crippen LogP contribution is -2.27. The fraction of sp³-hybridized carbons (Fsp3) is 0.545. The first-order valence-corrected chi connectivity index (χ1v) is 5.75. The van der Waals surface area contributed by atoms with Gasteiger partial charge in [-0.1, -0.05) is 6.42 Å². The summed E-state index contributed by atoms with van der Waals surface area (Å²) in [5, 5.41) is 8.40. The van der Waals surface area contributed by atoms with E-state index in [1.807, 2.05) is 10.6 Å². The molecule has 0 bridgehead atoms. The minimum absolute atomic E-state index is 0.313. The molecule has 2 unspecified atom stereocenters. The third-order valence-corrected chi connectivity index (χ3v) is 3.32. The highest BCUT2D eigenvalue weighted by atomic mass is 15.3. The maximum atomic E-state index is 6.01. The van der Waals surface area contributed by atoms with Gasteiger partial charge in [0.15, 0.2) is 5.65 Å². The molecule has 2 heterocycles. The number of hydrogen-bond acceptors (Lipinski definition) is 4. The molecule has 2 N–H and O–H groups in total. The molecular weight excluding hydrogens is 202 g/mol. The van der Waals surface area contributed by atoms with E-state index in [2.05, 4.69) is 15.2 Å². The summed E-state index contributed by atoms with van der Waals surface area (Å²) in [6.07, 6.45) is 9.92. The lowest BCUT2D eigenvalue weighted by atomic mass is 9.85. The summed E-state index contributed by atoms with van der Waals surface area (Å²) >= 11 is 0. The number of nitrogens with zero attached hydrogens (tertiary/aromatic N) is 4. The van der Waals surface area contributed by atoms with Gasteiger partial charge < -0.3 is 5.73 Å². The maximum absolute atomic E-state index is 6.01. The van der Waals surface area contributed by atoms with Gasteiger partial charge in [-0.2, -0.15) is 0 Å². The fourth-order valence-electron chi connectivity index (χ4n) is 2.51. The quantitative estimate of drug-likeness (QED) is 0.776. The first-order valence-electron chi connectivity index (χ1n) is 5.75. The Kier molecular flexibility index (Phi) is 2.32. The summed E-state index contributed by atoms with van der Waals surface area (Å²) in [4.78, 5) is 4.04. The van der Waals surface area contributed by atoms with Crippen molar-refractivity contribution in [3.63, 3.8) is 0 Å². The topological polar surface area (TPSA) is 69.1 Å². The number of nitrogens with two attached hydrogens (primary N) is 1. The number of rotatable bonds is 1. The predicted octanol–water partition coefficient (Wildman–Crippen LogP) is 1.11. The Bertz CT molecular complexity index is 492. The van der Waals surface area contributed by atoms with E-state index < -0.39 is 0 Å². The largest absolute Gasteiger partial charge is 0.328 e. The Balaban J connectivity index is 1.99. The van der Waals surface area contributed by atoms with E-state index in [0.29, 0.717) is 12.0 Å². The molecule has 5 heteroatoms. The Morgan fingerprint density at radius 2 is 2.25 bits per heavy atom. The van der Waals surface area contributed by atoms with Crippen molar-refractivity contribution < 1.29 is 0 Å². The molecule has 2 atom stereocenters. The van der Waals surface area contributed by atoms with Gasteiger partial charge in [0, 0.05) is 24.4 Å². The van der Waals surface area contributed by atoms with E-state index in [1.54, 1.807) is 12.4 Å². The van der Waals surface area contributed by atoms with Crippen molar-refractivity contribution in [2.75, 3.05) is 0 Å². The van der Waals surface area contributed by atoms with Crippen molar-refractivity contribution in [2.45, 2.75) is 37.6 Å². The third kappa shape index (κ3) is 1.57. The van der Waals surface area contributed by atoms with E-state index in [0.717, 1.165) is 30.7 Å². The van der Waals surface area contributed by atoms with Gasteiger partial charge >= 0.3 is 0 Å². The van der Waals surface area contributed by atoms with Crippen LogP contribution in [0, 0.1) is 0 Å². The average Bonchev–Trinajstić information content (AvgIpc) is 2.72. The summed E-state index contributed by atoms with van der Waals surface area (Å²) in [5.41, 5.74) is 6.82. The zero-order valence-corrected chi connectivity index (χ0v) is 9.08. The van der Waals surface area contributed by atoms with Gasteiger partial charge in [0.1, 0.15) is 5.82 Å². The summed E-state index contributed by atoms with van der Waals surface area (Å²) < 4.78 is 2.02.